The maximum atomic E-state index is 10.2. The topological polar surface area (TPSA) is 57.2 Å². The van der Waals surface area contributed by atoms with Gasteiger partial charge in [0.1, 0.15) is 0 Å². The normalized spacial score (nSPS) is 12.1. The van der Waals surface area contributed by atoms with Gasteiger partial charge in [0.25, 0.3) is 0 Å². The van der Waals surface area contributed by atoms with Crippen molar-refractivity contribution in [3.05, 3.63) is 103 Å². The molecule has 172 valence electrons. The zero-order valence-corrected chi connectivity index (χ0v) is 22.7. The molecule has 5 heteroatoms. The third-order valence-corrected chi connectivity index (χ3v) is 8.48. The predicted molar refractivity (Wildman–Crippen MR) is 128 cm³/mol. The number of hydrogen-bond acceptors (Lipinski definition) is 3. The fourth-order valence-electron chi connectivity index (χ4n) is 3.19. The Labute approximate surface area is 204 Å². The number of rotatable bonds is 4. The van der Waals surface area contributed by atoms with Gasteiger partial charge in [0.2, 0.25) is 0 Å². The minimum Gasteiger partial charge on any atom is -0.748 e. The van der Waals surface area contributed by atoms with Crippen LogP contribution in [-0.4, -0.2) is 13.0 Å². The SMILES string of the molecule is CC(C)(C)c1ccccc1[I+]c1ccccc1C(C)(C)C.O=S(=O)([O-])Cc1ccccc1. The van der Waals surface area contributed by atoms with E-state index in [-0.39, 0.29) is 32.0 Å². The molecule has 0 unspecified atom stereocenters. The quantitative estimate of drug-likeness (QED) is 0.362. The van der Waals surface area contributed by atoms with Crippen LogP contribution < -0.4 is 21.2 Å². The molecule has 3 rings (SSSR count). The molecule has 3 nitrogen and oxygen atoms in total. The average Bonchev–Trinajstić information content (AvgIpc) is 2.67. The summed E-state index contributed by atoms with van der Waals surface area (Å²) < 4.78 is 33.8. The smallest absolute Gasteiger partial charge is 0.358 e. The van der Waals surface area contributed by atoms with Crippen LogP contribution in [0, 0.1) is 7.14 Å². The molecular formula is C27H33IO3S. The van der Waals surface area contributed by atoms with Crippen LogP contribution in [0.1, 0.15) is 58.2 Å². The lowest BCUT2D eigenvalue weighted by Gasteiger charge is -2.20. The van der Waals surface area contributed by atoms with Crippen LogP contribution >= 0.6 is 0 Å². The van der Waals surface area contributed by atoms with Crippen molar-refractivity contribution >= 4 is 10.1 Å². The summed E-state index contributed by atoms with van der Waals surface area (Å²) in [4.78, 5) is 0. The van der Waals surface area contributed by atoms with Crippen molar-refractivity contribution in [1.29, 1.82) is 0 Å². The second-order valence-corrected chi connectivity index (χ2v) is 14.0. The Morgan fingerprint density at radius 2 is 1.03 bits per heavy atom. The van der Waals surface area contributed by atoms with Crippen molar-refractivity contribution in [2.45, 2.75) is 58.1 Å². The van der Waals surface area contributed by atoms with Crippen molar-refractivity contribution in [3.8, 4) is 0 Å². The molecule has 0 aliphatic rings. The lowest BCUT2D eigenvalue weighted by molar-refractivity contribution is -0.599. The summed E-state index contributed by atoms with van der Waals surface area (Å²) in [6, 6.07) is 26.3. The van der Waals surface area contributed by atoms with E-state index in [2.05, 4.69) is 90.1 Å². The highest BCUT2D eigenvalue weighted by Gasteiger charge is 2.30. The van der Waals surface area contributed by atoms with E-state index in [4.69, 9.17) is 0 Å². The van der Waals surface area contributed by atoms with Gasteiger partial charge in [0.05, 0.1) is 15.9 Å². The van der Waals surface area contributed by atoms with Crippen molar-refractivity contribution in [1.82, 2.24) is 0 Å². The third kappa shape index (κ3) is 8.68. The lowest BCUT2D eigenvalue weighted by atomic mass is 9.87. The van der Waals surface area contributed by atoms with Gasteiger partial charge in [0, 0.05) is 11.1 Å². The summed E-state index contributed by atoms with van der Waals surface area (Å²) >= 11 is -0.147. The molecule has 0 aromatic heterocycles. The van der Waals surface area contributed by atoms with E-state index in [9.17, 15) is 13.0 Å². The summed E-state index contributed by atoms with van der Waals surface area (Å²) in [5, 5.41) is 0. The summed E-state index contributed by atoms with van der Waals surface area (Å²) in [7, 11) is -4.13. The molecule has 3 aromatic rings. The third-order valence-electron chi connectivity index (χ3n) is 4.75. The standard InChI is InChI=1S/C20H26I.C7H8O3S/c1-19(2,3)15-11-7-9-13-17(15)21-18-14-10-8-12-16(18)20(4,5)6;8-11(9,10)6-7-4-2-1-3-5-7/h7-14H,1-6H3;1-5H,6H2,(H,8,9,10)/q+1;/p-1. The lowest BCUT2D eigenvalue weighted by Crippen LogP contribution is -3.62. The van der Waals surface area contributed by atoms with Crippen LogP contribution in [-0.2, 0) is 26.7 Å². The van der Waals surface area contributed by atoms with Gasteiger partial charge >= 0.3 is 21.2 Å². The van der Waals surface area contributed by atoms with Gasteiger partial charge in [-0.15, -0.1) is 0 Å². The van der Waals surface area contributed by atoms with E-state index >= 15 is 0 Å². The van der Waals surface area contributed by atoms with Crippen LogP contribution in [0.15, 0.2) is 78.9 Å². The van der Waals surface area contributed by atoms with E-state index in [0.717, 1.165) is 0 Å². The summed E-state index contributed by atoms with van der Waals surface area (Å²) in [6.07, 6.45) is 0. The van der Waals surface area contributed by atoms with Gasteiger partial charge < -0.3 is 4.55 Å². The molecule has 0 radical (unpaired) electrons. The molecule has 0 saturated heterocycles. The Hall–Kier alpha value is -1.70. The van der Waals surface area contributed by atoms with Gasteiger partial charge in [-0.05, 0) is 28.5 Å². The van der Waals surface area contributed by atoms with Crippen molar-refractivity contribution in [2.75, 3.05) is 0 Å². The summed E-state index contributed by atoms with van der Waals surface area (Å²) in [6.45, 7) is 13.9. The van der Waals surface area contributed by atoms with Gasteiger partial charge in [-0.1, -0.05) is 108 Å². The van der Waals surface area contributed by atoms with E-state index in [1.807, 2.05) is 0 Å². The second kappa shape index (κ2) is 10.9. The molecule has 32 heavy (non-hydrogen) atoms. The van der Waals surface area contributed by atoms with Crippen molar-refractivity contribution in [2.24, 2.45) is 0 Å². The Balaban J connectivity index is 0.000000278. The molecule has 0 N–H and O–H groups in total. The van der Waals surface area contributed by atoms with Gasteiger partial charge in [-0.2, -0.15) is 0 Å². The van der Waals surface area contributed by atoms with Crippen LogP contribution in [0.3, 0.4) is 0 Å². The molecule has 0 amide bonds. The van der Waals surface area contributed by atoms with Gasteiger partial charge in [-0.3, -0.25) is 0 Å². The van der Waals surface area contributed by atoms with Gasteiger partial charge in [0.15, 0.2) is 7.14 Å². The first-order chi connectivity index (χ1) is 14.8. The Morgan fingerprint density at radius 3 is 1.41 bits per heavy atom. The monoisotopic (exact) mass is 564 g/mol. The summed E-state index contributed by atoms with van der Waals surface area (Å²) in [5.74, 6) is -0.423. The first-order valence-electron chi connectivity index (χ1n) is 10.6. The molecule has 0 heterocycles. The number of halogens is 1. The fourth-order valence-corrected chi connectivity index (χ4v) is 7.75. The van der Waals surface area contributed by atoms with E-state index in [0.29, 0.717) is 5.56 Å². The van der Waals surface area contributed by atoms with Crippen molar-refractivity contribution < 1.29 is 34.2 Å². The molecular weight excluding hydrogens is 531 g/mol. The minimum absolute atomic E-state index is 0.147. The zero-order chi connectivity index (χ0) is 24.0. The van der Waals surface area contributed by atoms with Gasteiger partial charge in [-0.25, -0.2) is 8.42 Å². The zero-order valence-electron chi connectivity index (χ0n) is 19.7. The minimum atomic E-state index is -4.13. The molecule has 0 aliphatic heterocycles. The Kier molecular flexibility index (Phi) is 9.08. The van der Waals surface area contributed by atoms with Crippen molar-refractivity contribution in [3.63, 3.8) is 0 Å². The van der Waals surface area contributed by atoms with E-state index < -0.39 is 15.9 Å². The average molecular weight is 565 g/mol. The largest absolute Gasteiger partial charge is 0.748 e. The molecule has 0 bridgehead atoms. The number of hydrogen-bond donors (Lipinski definition) is 0. The van der Waals surface area contributed by atoms with E-state index in [1.165, 1.54) is 11.1 Å². The molecule has 0 atom stereocenters. The van der Waals surface area contributed by atoms with Crippen LogP contribution in [0.2, 0.25) is 0 Å². The summed E-state index contributed by atoms with van der Waals surface area (Å²) in [5.41, 5.74) is 3.96. The molecule has 3 aromatic carbocycles. The van der Waals surface area contributed by atoms with Crippen LogP contribution in [0.25, 0.3) is 0 Å². The van der Waals surface area contributed by atoms with Crippen LogP contribution in [0.4, 0.5) is 0 Å². The maximum Gasteiger partial charge on any atom is 0.358 e. The highest BCUT2D eigenvalue weighted by atomic mass is 127. The molecule has 0 saturated carbocycles. The number of benzene rings is 3. The van der Waals surface area contributed by atoms with E-state index in [1.54, 1.807) is 37.5 Å². The van der Waals surface area contributed by atoms with Crippen LogP contribution in [0.5, 0.6) is 0 Å². The first-order valence-corrected chi connectivity index (χ1v) is 14.3. The second-order valence-electron chi connectivity index (χ2n) is 9.74. The highest BCUT2D eigenvalue weighted by Crippen LogP contribution is 2.23. The molecule has 0 aliphatic carbocycles. The first kappa shape index (κ1) is 26.6. The Bertz CT molecular complexity index is 1050. The highest BCUT2D eigenvalue weighted by molar-refractivity contribution is 7.84. The predicted octanol–water partition coefficient (Wildman–Crippen LogP) is 3.14. The molecule has 0 spiro atoms. The fraction of sp³-hybridized carbons (Fsp3) is 0.333. The Morgan fingerprint density at radius 1 is 0.656 bits per heavy atom. The maximum absolute atomic E-state index is 10.2. The molecule has 0 fully saturated rings.